The Morgan fingerprint density at radius 3 is 2.67 bits per heavy atom. The van der Waals surface area contributed by atoms with Crippen molar-refractivity contribution in [3.8, 4) is 5.69 Å². The minimum Gasteiger partial charge on any atom is -0.310 e. The summed E-state index contributed by atoms with van der Waals surface area (Å²) < 4.78 is 1.94. The summed E-state index contributed by atoms with van der Waals surface area (Å²) in [6.07, 6.45) is 6.32. The molecule has 2 rings (SSSR count). The number of hydrogen-bond donors (Lipinski definition) is 1. The Bertz CT molecular complexity index is 462. The van der Waals surface area contributed by atoms with Gasteiger partial charge in [-0.3, -0.25) is 0 Å². The number of nitrogens with zero attached hydrogens (tertiary/aromatic N) is 2. The zero-order valence-electron chi connectivity index (χ0n) is 11.1. The van der Waals surface area contributed by atoms with Gasteiger partial charge in [0.05, 0.1) is 11.9 Å². The van der Waals surface area contributed by atoms with Crippen LogP contribution < -0.4 is 5.32 Å². The topological polar surface area (TPSA) is 29.9 Å². The monoisotopic (exact) mass is 243 g/mol. The van der Waals surface area contributed by atoms with E-state index in [1.807, 2.05) is 29.1 Å². The fourth-order valence-electron chi connectivity index (χ4n) is 2.06. The fourth-order valence-corrected chi connectivity index (χ4v) is 2.06. The van der Waals surface area contributed by atoms with Crippen LogP contribution in [0.4, 0.5) is 0 Å². The first kappa shape index (κ1) is 12.8. The Morgan fingerprint density at radius 1 is 1.22 bits per heavy atom. The Labute approximate surface area is 109 Å². The molecule has 0 saturated carbocycles. The molecule has 3 nitrogen and oxygen atoms in total. The first-order chi connectivity index (χ1) is 8.85. The van der Waals surface area contributed by atoms with Gasteiger partial charge in [-0.1, -0.05) is 32.0 Å². The lowest BCUT2D eigenvalue weighted by Gasteiger charge is -2.14. The van der Waals surface area contributed by atoms with E-state index in [1.54, 1.807) is 0 Å². The molecule has 0 spiro atoms. The number of para-hydroxylation sites is 1. The standard InChI is InChI=1S/C15H21N3/c1-3-10-16-15(4-2)13-11-17-18(12-13)14-8-6-5-7-9-14/h5-9,11-12,15-16H,3-4,10H2,1-2H3. The molecule has 18 heavy (non-hydrogen) atoms. The molecule has 0 saturated heterocycles. The van der Waals surface area contributed by atoms with Crippen LogP contribution >= 0.6 is 0 Å². The quantitative estimate of drug-likeness (QED) is 0.843. The average molecular weight is 243 g/mol. The fraction of sp³-hybridized carbons (Fsp3) is 0.400. The molecule has 0 amide bonds. The minimum atomic E-state index is 0.405. The number of hydrogen-bond acceptors (Lipinski definition) is 2. The van der Waals surface area contributed by atoms with Gasteiger partial charge in [0.1, 0.15) is 0 Å². The summed E-state index contributed by atoms with van der Waals surface area (Å²) in [5.74, 6) is 0. The molecule has 0 aliphatic rings. The van der Waals surface area contributed by atoms with E-state index in [2.05, 4.69) is 42.6 Å². The van der Waals surface area contributed by atoms with Gasteiger partial charge in [-0.05, 0) is 31.5 Å². The number of aromatic nitrogens is 2. The molecule has 1 aromatic carbocycles. The molecule has 1 aromatic heterocycles. The maximum absolute atomic E-state index is 4.44. The van der Waals surface area contributed by atoms with Crippen LogP contribution in [0.5, 0.6) is 0 Å². The molecular formula is C15H21N3. The summed E-state index contributed by atoms with van der Waals surface area (Å²) in [5.41, 5.74) is 2.36. The molecular weight excluding hydrogens is 222 g/mol. The van der Waals surface area contributed by atoms with Crippen molar-refractivity contribution in [3.05, 3.63) is 48.3 Å². The lowest BCUT2D eigenvalue weighted by Crippen LogP contribution is -2.20. The average Bonchev–Trinajstić information content (AvgIpc) is 2.90. The van der Waals surface area contributed by atoms with Gasteiger partial charge in [0.15, 0.2) is 0 Å². The zero-order valence-corrected chi connectivity index (χ0v) is 11.1. The molecule has 2 aromatic rings. The lowest BCUT2D eigenvalue weighted by molar-refractivity contribution is 0.518. The van der Waals surface area contributed by atoms with Crippen molar-refractivity contribution in [2.75, 3.05) is 6.54 Å². The third-order valence-electron chi connectivity index (χ3n) is 3.07. The largest absolute Gasteiger partial charge is 0.310 e. The van der Waals surface area contributed by atoms with Crippen LogP contribution in [0, 0.1) is 0 Å². The van der Waals surface area contributed by atoms with Gasteiger partial charge >= 0.3 is 0 Å². The Hall–Kier alpha value is -1.61. The van der Waals surface area contributed by atoms with Crippen molar-refractivity contribution in [1.82, 2.24) is 15.1 Å². The molecule has 96 valence electrons. The highest BCUT2D eigenvalue weighted by Crippen LogP contribution is 2.17. The van der Waals surface area contributed by atoms with E-state index in [4.69, 9.17) is 0 Å². The highest BCUT2D eigenvalue weighted by Gasteiger charge is 2.10. The summed E-state index contributed by atoms with van der Waals surface area (Å²) in [6, 6.07) is 10.6. The predicted octanol–water partition coefficient (Wildman–Crippen LogP) is 3.32. The van der Waals surface area contributed by atoms with Crippen LogP contribution in [0.3, 0.4) is 0 Å². The van der Waals surface area contributed by atoms with E-state index in [-0.39, 0.29) is 0 Å². The maximum Gasteiger partial charge on any atom is 0.0645 e. The molecule has 0 bridgehead atoms. The molecule has 3 heteroatoms. The van der Waals surface area contributed by atoms with Crippen molar-refractivity contribution in [2.24, 2.45) is 0 Å². The van der Waals surface area contributed by atoms with Crippen LogP contribution in [0.25, 0.3) is 5.69 Å². The first-order valence-electron chi connectivity index (χ1n) is 6.68. The molecule has 0 aliphatic carbocycles. The van der Waals surface area contributed by atoms with Crippen molar-refractivity contribution >= 4 is 0 Å². The van der Waals surface area contributed by atoms with Crippen LogP contribution in [0.1, 0.15) is 38.3 Å². The molecule has 0 fully saturated rings. The number of nitrogens with one attached hydrogen (secondary N) is 1. The van der Waals surface area contributed by atoms with Crippen LogP contribution in [-0.2, 0) is 0 Å². The Balaban J connectivity index is 2.14. The third kappa shape index (κ3) is 2.99. The molecule has 1 unspecified atom stereocenters. The van der Waals surface area contributed by atoms with Crippen LogP contribution in [0.2, 0.25) is 0 Å². The van der Waals surface area contributed by atoms with E-state index in [0.29, 0.717) is 6.04 Å². The van der Waals surface area contributed by atoms with Gasteiger partial charge in [-0.15, -0.1) is 0 Å². The second-order valence-electron chi connectivity index (χ2n) is 4.47. The van der Waals surface area contributed by atoms with E-state index in [0.717, 1.165) is 25.1 Å². The molecule has 1 atom stereocenters. The van der Waals surface area contributed by atoms with Gasteiger partial charge in [0.25, 0.3) is 0 Å². The Morgan fingerprint density at radius 2 is 2.00 bits per heavy atom. The first-order valence-corrected chi connectivity index (χ1v) is 6.68. The highest BCUT2D eigenvalue weighted by atomic mass is 15.3. The summed E-state index contributed by atoms with van der Waals surface area (Å²) in [6.45, 7) is 5.44. The lowest BCUT2D eigenvalue weighted by atomic mass is 10.1. The zero-order chi connectivity index (χ0) is 12.8. The molecule has 0 aliphatic heterocycles. The normalized spacial score (nSPS) is 12.6. The number of benzene rings is 1. The van der Waals surface area contributed by atoms with Crippen molar-refractivity contribution in [3.63, 3.8) is 0 Å². The van der Waals surface area contributed by atoms with Gasteiger partial charge in [-0.25, -0.2) is 4.68 Å². The predicted molar refractivity (Wildman–Crippen MR) is 74.9 cm³/mol. The van der Waals surface area contributed by atoms with Gasteiger partial charge in [-0.2, -0.15) is 5.10 Å². The van der Waals surface area contributed by atoms with Crippen LogP contribution in [0.15, 0.2) is 42.7 Å². The van der Waals surface area contributed by atoms with Gasteiger partial charge < -0.3 is 5.32 Å². The molecule has 1 heterocycles. The van der Waals surface area contributed by atoms with Crippen molar-refractivity contribution < 1.29 is 0 Å². The SMILES string of the molecule is CCCNC(CC)c1cnn(-c2ccccc2)c1. The molecule has 1 N–H and O–H groups in total. The van der Waals surface area contributed by atoms with E-state index in [1.165, 1.54) is 5.56 Å². The molecule has 0 radical (unpaired) electrons. The summed E-state index contributed by atoms with van der Waals surface area (Å²) >= 11 is 0. The van der Waals surface area contributed by atoms with E-state index < -0.39 is 0 Å². The van der Waals surface area contributed by atoms with Gasteiger partial charge in [0, 0.05) is 17.8 Å². The smallest absolute Gasteiger partial charge is 0.0645 e. The van der Waals surface area contributed by atoms with E-state index >= 15 is 0 Å². The number of rotatable bonds is 6. The highest BCUT2D eigenvalue weighted by molar-refractivity contribution is 5.31. The second kappa shape index (κ2) is 6.36. The third-order valence-corrected chi connectivity index (χ3v) is 3.07. The van der Waals surface area contributed by atoms with Gasteiger partial charge in [0.2, 0.25) is 0 Å². The summed E-state index contributed by atoms with van der Waals surface area (Å²) in [7, 11) is 0. The van der Waals surface area contributed by atoms with Crippen molar-refractivity contribution in [2.45, 2.75) is 32.7 Å². The summed E-state index contributed by atoms with van der Waals surface area (Å²) in [4.78, 5) is 0. The van der Waals surface area contributed by atoms with Crippen LogP contribution in [-0.4, -0.2) is 16.3 Å². The minimum absolute atomic E-state index is 0.405. The van der Waals surface area contributed by atoms with Crippen molar-refractivity contribution in [1.29, 1.82) is 0 Å². The Kier molecular flexibility index (Phi) is 4.53. The second-order valence-corrected chi connectivity index (χ2v) is 4.47. The summed E-state index contributed by atoms with van der Waals surface area (Å²) in [5, 5.41) is 7.99. The van der Waals surface area contributed by atoms with E-state index in [9.17, 15) is 0 Å². The maximum atomic E-state index is 4.44.